The molecule has 1 heteroatoms. The van der Waals surface area contributed by atoms with Gasteiger partial charge in [-0.05, 0) is 35.4 Å². The highest BCUT2D eigenvalue weighted by Crippen LogP contribution is 2.34. The van der Waals surface area contributed by atoms with E-state index in [9.17, 15) is 0 Å². The molecule has 1 fully saturated rings. The highest BCUT2D eigenvalue weighted by molar-refractivity contribution is 5.64. The Bertz CT molecular complexity index is 551. The average Bonchev–Trinajstić information content (AvgIpc) is 2.68. The fraction of sp³-hybridized carbons (Fsp3) is 0.500. The van der Waals surface area contributed by atoms with E-state index in [1.807, 2.05) is 0 Å². The summed E-state index contributed by atoms with van der Waals surface area (Å²) in [5, 5.41) is 0. The Morgan fingerprint density at radius 1 is 0.720 bits per heavy atom. The summed E-state index contributed by atoms with van der Waals surface area (Å²) in [7, 11) is 0. The maximum absolute atomic E-state index is 2.39. The van der Waals surface area contributed by atoms with Gasteiger partial charge in [-0.2, -0.15) is 0 Å². The minimum absolute atomic E-state index is 0. The lowest BCUT2D eigenvalue weighted by Crippen LogP contribution is -2.04. The van der Waals surface area contributed by atoms with Crippen molar-refractivity contribution in [3.05, 3.63) is 60.2 Å². The lowest BCUT2D eigenvalue weighted by Gasteiger charge is -2.22. The number of hydrogen-bond donors (Lipinski definition) is 1. The fourth-order valence-electron chi connectivity index (χ4n) is 3.54. The van der Waals surface area contributed by atoms with Gasteiger partial charge in [0.1, 0.15) is 0 Å². The van der Waals surface area contributed by atoms with Gasteiger partial charge in [0.2, 0.25) is 0 Å². The second-order valence-electron chi connectivity index (χ2n) is 7.03. The van der Waals surface area contributed by atoms with E-state index in [1.54, 1.807) is 0 Å². The molecule has 2 aromatic carbocycles. The van der Waals surface area contributed by atoms with Gasteiger partial charge < -0.3 is 6.15 Å². The van der Waals surface area contributed by atoms with Crippen LogP contribution < -0.4 is 6.15 Å². The number of rotatable bonds is 5. The maximum atomic E-state index is 2.39. The lowest BCUT2D eigenvalue weighted by atomic mass is 9.83. The van der Waals surface area contributed by atoms with E-state index >= 15 is 0 Å². The van der Waals surface area contributed by atoms with E-state index in [0.29, 0.717) is 0 Å². The number of hydrogen-bond acceptors (Lipinski definition) is 1. The second kappa shape index (κ2) is 12.7. The van der Waals surface area contributed by atoms with Crippen molar-refractivity contribution < 1.29 is 0 Å². The second-order valence-corrected chi connectivity index (χ2v) is 7.03. The van der Waals surface area contributed by atoms with E-state index in [0.717, 1.165) is 5.92 Å². The van der Waals surface area contributed by atoms with Gasteiger partial charge in [-0.3, -0.25) is 0 Å². The molecule has 0 saturated heterocycles. The summed E-state index contributed by atoms with van der Waals surface area (Å²) in [6.45, 7) is 4.46. The van der Waals surface area contributed by atoms with Crippen LogP contribution in [0.2, 0.25) is 0 Å². The summed E-state index contributed by atoms with van der Waals surface area (Å²) in [5.41, 5.74) is 4.23. The molecule has 0 aromatic heterocycles. The Morgan fingerprint density at radius 2 is 1.32 bits per heavy atom. The van der Waals surface area contributed by atoms with Crippen LogP contribution in [-0.2, 0) is 0 Å². The van der Waals surface area contributed by atoms with Crippen LogP contribution in [0.1, 0.15) is 83.1 Å². The molecule has 0 spiro atoms. The predicted octanol–water partition coefficient (Wildman–Crippen LogP) is 8.15. The van der Waals surface area contributed by atoms with E-state index in [1.165, 1.54) is 74.5 Å². The molecule has 0 unspecified atom stereocenters. The van der Waals surface area contributed by atoms with Crippen LogP contribution in [-0.4, -0.2) is 0 Å². The zero-order chi connectivity index (χ0) is 17.0. The van der Waals surface area contributed by atoms with Gasteiger partial charge >= 0.3 is 0 Å². The molecule has 138 valence electrons. The summed E-state index contributed by atoms with van der Waals surface area (Å²) < 4.78 is 0. The van der Waals surface area contributed by atoms with Crippen LogP contribution in [0.3, 0.4) is 0 Å². The Balaban J connectivity index is 0.000000390. The van der Waals surface area contributed by atoms with Gasteiger partial charge in [-0.25, -0.2) is 0 Å². The molecule has 0 radical (unpaired) electrons. The third-order valence-electron chi connectivity index (χ3n) is 5.03. The highest BCUT2D eigenvalue weighted by Gasteiger charge is 2.15. The van der Waals surface area contributed by atoms with E-state index in [-0.39, 0.29) is 6.15 Å². The van der Waals surface area contributed by atoms with Crippen LogP contribution >= 0.6 is 0 Å². The minimum atomic E-state index is 0. The van der Waals surface area contributed by atoms with Crippen molar-refractivity contribution in [3.8, 4) is 11.1 Å². The van der Waals surface area contributed by atoms with Crippen molar-refractivity contribution in [2.24, 2.45) is 0 Å². The zero-order valence-corrected chi connectivity index (χ0v) is 16.3. The van der Waals surface area contributed by atoms with Crippen LogP contribution in [0.5, 0.6) is 0 Å². The molecule has 3 N–H and O–H groups in total. The topological polar surface area (TPSA) is 35.0 Å². The predicted molar refractivity (Wildman–Crippen MR) is 113 cm³/mol. The SMILES string of the molecule is CCCCCC.N.c1ccc(-c2cccc(C3CCCCC3)c2)cc1. The summed E-state index contributed by atoms with van der Waals surface area (Å²) in [6.07, 6.45) is 12.5. The molecular formula is C24H37N. The first kappa shape index (κ1) is 21.4. The standard InChI is InChI=1S/C18H20.C6H14.H3N/c1-3-8-15(9-4-1)17-12-7-13-18(14-17)16-10-5-2-6-11-16;1-3-5-6-4-2;/h1,3-4,7-9,12-14,16H,2,5-6,10-11H2;3-6H2,1-2H3;1H3. The van der Waals surface area contributed by atoms with Gasteiger partial charge in [0.25, 0.3) is 0 Å². The molecule has 0 bridgehead atoms. The van der Waals surface area contributed by atoms with Crippen molar-refractivity contribution in [2.75, 3.05) is 0 Å². The Hall–Kier alpha value is -1.60. The third kappa shape index (κ3) is 7.44. The zero-order valence-electron chi connectivity index (χ0n) is 16.3. The van der Waals surface area contributed by atoms with Gasteiger partial charge in [0, 0.05) is 0 Å². The molecule has 1 aliphatic carbocycles. The van der Waals surface area contributed by atoms with Crippen molar-refractivity contribution in [3.63, 3.8) is 0 Å². The molecule has 0 amide bonds. The minimum Gasteiger partial charge on any atom is -0.344 e. The van der Waals surface area contributed by atoms with Crippen molar-refractivity contribution >= 4 is 0 Å². The highest BCUT2D eigenvalue weighted by atomic mass is 14.2. The Labute approximate surface area is 155 Å². The molecule has 1 saturated carbocycles. The monoisotopic (exact) mass is 339 g/mol. The van der Waals surface area contributed by atoms with Crippen molar-refractivity contribution in [1.82, 2.24) is 6.15 Å². The fourth-order valence-corrected chi connectivity index (χ4v) is 3.54. The first-order valence-electron chi connectivity index (χ1n) is 10.0. The first-order valence-corrected chi connectivity index (χ1v) is 10.0. The normalized spacial score (nSPS) is 14.2. The van der Waals surface area contributed by atoms with Gasteiger partial charge in [0.15, 0.2) is 0 Å². The summed E-state index contributed by atoms with van der Waals surface area (Å²) >= 11 is 0. The summed E-state index contributed by atoms with van der Waals surface area (Å²) in [5.74, 6) is 0.794. The molecular weight excluding hydrogens is 302 g/mol. The number of unbranched alkanes of at least 4 members (excludes halogenated alkanes) is 3. The van der Waals surface area contributed by atoms with E-state index < -0.39 is 0 Å². The van der Waals surface area contributed by atoms with Gasteiger partial charge in [0.05, 0.1) is 0 Å². The molecule has 1 nitrogen and oxygen atoms in total. The van der Waals surface area contributed by atoms with Crippen LogP contribution in [0.25, 0.3) is 11.1 Å². The molecule has 0 aliphatic heterocycles. The van der Waals surface area contributed by atoms with Crippen molar-refractivity contribution in [2.45, 2.75) is 77.6 Å². The Morgan fingerprint density at radius 3 is 1.92 bits per heavy atom. The first-order chi connectivity index (χ1) is 11.8. The molecule has 2 aromatic rings. The molecule has 1 aliphatic rings. The van der Waals surface area contributed by atoms with Gasteiger partial charge in [-0.1, -0.05) is 113 Å². The summed E-state index contributed by atoms with van der Waals surface area (Å²) in [6, 6.07) is 19.8. The largest absolute Gasteiger partial charge is 0.344 e. The Kier molecular flexibility index (Phi) is 10.9. The van der Waals surface area contributed by atoms with Crippen LogP contribution in [0.15, 0.2) is 54.6 Å². The quantitative estimate of drug-likeness (QED) is 0.548. The smallest absolute Gasteiger partial charge is 0.0162 e. The van der Waals surface area contributed by atoms with Crippen LogP contribution in [0.4, 0.5) is 0 Å². The van der Waals surface area contributed by atoms with E-state index in [4.69, 9.17) is 0 Å². The molecule has 3 rings (SSSR count). The third-order valence-corrected chi connectivity index (χ3v) is 5.03. The van der Waals surface area contributed by atoms with Gasteiger partial charge in [-0.15, -0.1) is 0 Å². The van der Waals surface area contributed by atoms with Crippen molar-refractivity contribution in [1.29, 1.82) is 0 Å². The molecule has 0 atom stereocenters. The number of benzene rings is 2. The lowest BCUT2D eigenvalue weighted by molar-refractivity contribution is 0.444. The van der Waals surface area contributed by atoms with Crippen LogP contribution in [0, 0.1) is 0 Å². The maximum Gasteiger partial charge on any atom is -0.0162 e. The molecule has 25 heavy (non-hydrogen) atoms. The average molecular weight is 340 g/mol. The molecule has 0 heterocycles. The van der Waals surface area contributed by atoms with E-state index in [2.05, 4.69) is 68.4 Å². The summed E-state index contributed by atoms with van der Waals surface area (Å²) in [4.78, 5) is 0.